The summed E-state index contributed by atoms with van der Waals surface area (Å²) in [4.78, 5) is 21.4. The maximum absolute atomic E-state index is 11.6. The lowest BCUT2D eigenvalue weighted by Crippen LogP contribution is -2.53. The van der Waals surface area contributed by atoms with Crippen LogP contribution in [0.5, 0.6) is 0 Å². The summed E-state index contributed by atoms with van der Waals surface area (Å²) >= 11 is 0. The predicted molar refractivity (Wildman–Crippen MR) is 44.3 cm³/mol. The molecule has 82 valence electrons. The van der Waals surface area contributed by atoms with Crippen LogP contribution in [0, 0.1) is 0 Å². The molecule has 0 aliphatic heterocycles. The molecule has 7 heteroatoms. The van der Waals surface area contributed by atoms with Gasteiger partial charge >= 0.3 is 12.0 Å². The molecule has 0 aliphatic rings. The van der Waals surface area contributed by atoms with Crippen LogP contribution in [0.25, 0.3) is 0 Å². The van der Waals surface area contributed by atoms with Crippen molar-refractivity contribution in [2.45, 2.75) is 25.8 Å². The van der Waals surface area contributed by atoms with Crippen LogP contribution >= 0.6 is 0 Å². The zero-order valence-corrected chi connectivity index (χ0v) is 7.80. The monoisotopic (exact) mass is 210 g/mol. The Labute approximate surface area is 79.5 Å². The molecule has 14 heavy (non-hydrogen) atoms. The first kappa shape index (κ1) is 12.6. The maximum Gasteiger partial charge on any atom is 0.328 e. The summed E-state index contributed by atoms with van der Waals surface area (Å²) in [5, 5.41) is 12.4. The summed E-state index contributed by atoms with van der Waals surface area (Å²) in [7, 11) is 0. The molecular weight excluding hydrogens is 198 g/mol. The molecule has 0 saturated carbocycles. The zero-order valence-electron chi connectivity index (χ0n) is 7.80. The summed E-state index contributed by atoms with van der Waals surface area (Å²) in [6.07, 6.45) is -2.66. The van der Waals surface area contributed by atoms with E-state index in [0.29, 0.717) is 0 Å². The van der Waals surface area contributed by atoms with Gasteiger partial charge in [0.25, 0.3) is 6.43 Å². The van der Waals surface area contributed by atoms with E-state index < -0.39 is 30.5 Å². The number of amides is 2. The topological polar surface area (TPSA) is 78.4 Å². The molecule has 0 aromatic carbocycles. The molecule has 0 bridgehead atoms. The summed E-state index contributed by atoms with van der Waals surface area (Å²) in [6, 6.07) is -0.933. The quantitative estimate of drug-likeness (QED) is 0.629. The van der Waals surface area contributed by atoms with Gasteiger partial charge in [-0.2, -0.15) is 0 Å². The van der Waals surface area contributed by atoms with Gasteiger partial charge in [-0.1, -0.05) is 0 Å². The van der Waals surface area contributed by atoms with Gasteiger partial charge in [0.15, 0.2) is 0 Å². The van der Waals surface area contributed by atoms with E-state index >= 15 is 0 Å². The van der Waals surface area contributed by atoms with E-state index in [9.17, 15) is 18.4 Å². The van der Waals surface area contributed by atoms with Crippen LogP contribution in [0.2, 0.25) is 0 Å². The SMILES string of the molecule is CC(C)(NC(=O)NCC(F)F)C(=O)O. The van der Waals surface area contributed by atoms with Crippen LogP contribution in [0.3, 0.4) is 0 Å². The first-order valence-corrected chi connectivity index (χ1v) is 3.83. The van der Waals surface area contributed by atoms with Gasteiger partial charge in [0.1, 0.15) is 5.54 Å². The molecule has 0 rings (SSSR count). The van der Waals surface area contributed by atoms with Gasteiger partial charge < -0.3 is 15.7 Å². The number of nitrogens with one attached hydrogen (secondary N) is 2. The number of alkyl halides is 2. The Bertz CT molecular complexity index is 231. The molecule has 5 nitrogen and oxygen atoms in total. The highest BCUT2D eigenvalue weighted by atomic mass is 19.3. The van der Waals surface area contributed by atoms with E-state index in [1.807, 2.05) is 10.6 Å². The molecule has 3 N–H and O–H groups in total. The van der Waals surface area contributed by atoms with Gasteiger partial charge in [0.05, 0.1) is 6.54 Å². The summed E-state index contributed by atoms with van der Waals surface area (Å²) in [5.74, 6) is -1.25. The summed E-state index contributed by atoms with van der Waals surface area (Å²) < 4.78 is 23.3. The van der Waals surface area contributed by atoms with Crippen molar-refractivity contribution in [3.05, 3.63) is 0 Å². The Morgan fingerprint density at radius 2 is 1.93 bits per heavy atom. The first-order valence-electron chi connectivity index (χ1n) is 3.83. The number of hydrogen-bond acceptors (Lipinski definition) is 2. The lowest BCUT2D eigenvalue weighted by molar-refractivity contribution is -0.142. The van der Waals surface area contributed by atoms with E-state index in [-0.39, 0.29) is 0 Å². The zero-order chi connectivity index (χ0) is 11.4. The van der Waals surface area contributed by atoms with Crippen molar-refractivity contribution in [1.29, 1.82) is 0 Å². The Hall–Kier alpha value is -1.40. The minimum atomic E-state index is -2.66. The molecule has 0 heterocycles. The number of hydrogen-bond donors (Lipinski definition) is 3. The number of carboxylic acid groups (broad SMARTS) is 1. The second-order valence-electron chi connectivity index (χ2n) is 3.16. The van der Waals surface area contributed by atoms with Gasteiger partial charge in [-0.25, -0.2) is 18.4 Å². The van der Waals surface area contributed by atoms with Crippen molar-refractivity contribution < 1.29 is 23.5 Å². The highest BCUT2D eigenvalue weighted by Gasteiger charge is 2.28. The van der Waals surface area contributed by atoms with Crippen molar-refractivity contribution in [2.75, 3.05) is 6.54 Å². The van der Waals surface area contributed by atoms with E-state index in [1.165, 1.54) is 13.8 Å². The van der Waals surface area contributed by atoms with Crippen LogP contribution in [0.4, 0.5) is 13.6 Å². The Morgan fingerprint density at radius 3 is 2.29 bits per heavy atom. The van der Waals surface area contributed by atoms with E-state index in [4.69, 9.17) is 5.11 Å². The Balaban J connectivity index is 4.00. The smallest absolute Gasteiger partial charge is 0.328 e. The van der Waals surface area contributed by atoms with E-state index in [2.05, 4.69) is 0 Å². The molecule has 0 aromatic rings. The fourth-order valence-corrected chi connectivity index (χ4v) is 0.551. The first-order chi connectivity index (χ1) is 6.25. The number of carbonyl (C=O) groups is 2. The lowest BCUT2D eigenvalue weighted by Gasteiger charge is -2.21. The van der Waals surface area contributed by atoms with Crippen molar-refractivity contribution in [3.63, 3.8) is 0 Å². The Kier molecular flexibility index (Phi) is 4.26. The number of aliphatic carboxylic acids is 1. The third-order valence-corrected chi connectivity index (χ3v) is 1.38. The van der Waals surface area contributed by atoms with Crippen LogP contribution < -0.4 is 10.6 Å². The van der Waals surface area contributed by atoms with Gasteiger partial charge in [0, 0.05) is 0 Å². The van der Waals surface area contributed by atoms with Crippen LogP contribution in [-0.2, 0) is 4.79 Å². The highest BCUT2D eigenvalue weighted by molar-refractivity contribution is 5.85. The molecule has 0 atom stereocenters. The predicted octanol–water partition coefficient (Wildman–Crippen LogP) is 0.414. The number of carbonyl (C=O) groups excluding carboxylic acids is 1. The van der Waals surface area contributed by atoms with Crippen molar-refractivity contribution in [3.8, 4) is 0 Å². The average molecular weight is 210 g/mol. The van der Waals surface area contributed by atoms with Crippen LogP contribution in [-0.4, -0.2) is 35.6 Å². The van der Waals surface area contributed by atoms with Crippen molar-refractivity contribution in [1.82, 2.24) is 10.6 Å². The molecule has 0 saturated heterocycles. The molecule has 0 spiro atoms. The molecule has 0 fully saturated rings. The number of halogens is 2. The normalized spacial score (nSPS) is 11.2. The minimum Gasteiger partial charge on any atom is -0.480 e. The third kappa shape index (κ3) is 4.58. The molecule has 0 aromatic heterocycles. The molecular formula is C7H12F2N2O3. The maximum atomic E-state index is 11.6. The fraction of sp³-hybridized carbons (Fsp3) is 0.714. The lowest BCUT2D eigenvalue weighted by atomic mass is 10.1. The van der Waals surface area contributed by atoms with Crippen LogP contribution in [0.1, 0.15) is 13.8 Å². The van der Waals surface area contributed by atoms with Crippen LogP contribution in [0.15, 0.2) is 0 Å². The molecule has 2 amide bonds. The number of urea groups is 1. The van der Waals surface area contributed by atoms with E-state index in [1.54, 1.807) is 0 Å². The standard InChI is InChI=1S/C7H12F2N2O3/c1-7(2,5(12)13)11-6(14)10-3-4(8)9/h4H,3H2,1-2H3,(H,12,13)(H2,10,11,14). The fourth-order valence-electron chi connectivity index (χ4n) is 0.551. The highest BCUT2D eigenvalue weighted by Crippen LogP contribution is 2.00. The van der Waals surface area contributed by atoms with Crippen molar-refractivity contribution in [2.24, 2.45) is 0 Å². The molecule has 0 radical (unpaired) electrons. The Morgan fingerprint density at radius 1 is 1.43 bits per heavy atom. The van der Waals surface area contributed by atoms with E-state index in [0.717, 1.165) is 0 Å². The number of carboxylic acids is 1. The summed E-state index contributed by atoms with van der Waals surface area (Å²) in [5.41, 5.74) is -1.48. The van der Waals surface area contributed by atoms with Crippen molar-refractivity contribution >= 4 is 12.0 Å². The largest absolute Gasteiger partial charge is 0.480 e. The second kappa shape index (κ2) is 4.73. The van der Waals surface area contributed by atoms with Gasteiger partial charge in [-0.05, 0) is 13.8 Å². The van der Waals surface area contributed by atoms with Gasteiger partial charge in [-0.3, -0.25) is 0 Å². The number of rotatable bonds is 4. The summed E-state index contributed by atoms with van der Waals surface area (Å²) in [6.45, 7) is 1.69. The van der Waals surface area contributed by atoms with Gasteiger partial charge in [0.2, 0.25) is 0 Å². The van der Waals surface area contributed by atoms with Gasteiger partial charge in [-0.15, -0.1) is 0 Å². The third-order valence-electron chi connectivity index (χ3n) is 1.38. The molecule has 0 aliphatic carbocycles. The molecule has 0 unspecified atom stereocenters. The average Bonchev–Trinajstić information content (AvgIpc) is 1.99. The minimum absolute atomic E-state index is 0.804. The second-order valence-corrected chi connectivity index (χ2v) is 3.16.